The van der Waals surface area contributed by atoms with Gasteiger partial charge in [-0.3, -0.25) is 19.7 Å². The first-order valence-electron chi connectivity index (χ1n) is 10.4. The molecule has 4 rings (SSSR count). The van der Waals surface area contributed by atoms with Crippen LogP contribution in [0.4, 0.5) is 11.4 Å². The Hall–Kier alpha value is -4.24. The quantitative estimate of drug-likeness (QED) is 0.308. The predicted octanol–water partition coefficient (Wildman–Crippen LogP) is 3.62. The van der Waals surface area contributed by atoms with Gasteiger partial charge in [-0.05, 0) is 23.8 Å². The molecule has 0 unspecified atom stereocenters. The van der Waals surface area contributed by atoms with Gasteiger partial charge in [-0.1, -0.05) is 36.4 Å². The van der Waals surface area contributed by atoms with Crippen molar-refractivity contribution in [3.05, 3.63) is 93.5 Å². The van der Waals surface area contributed by atoms with Gasteiger partial charge in [0.05, 0.1) is 37.8 Å². The number of para-hydroxylation sites is 1. The molecule has 1 aliphatic heterocycles. The first-order valence-corrected chi connectivity index (χ1v) is 10.4. The number of Topliss-reactive ketones (excluding diaryl/α,β-unsaturated/α-hetero) is 1. The Bertz CT molecular complexity index is 1290. The van der Waals surface area contributed by atoms with Crippen LogP contribution in [0.3, 0.4) is 0 Å². The van der Waals surface area contributed by atoms with Crippen LogP contribution in [0, 0.1) is 10.1 Å². The van der Waals surface area contributed by atoms with Crippen molar-refractivity contribution >= 4 is 23.1 Å². The van der Waals surface area contributed by atoms with Gasteiger partial charge in [0.1, 0.15) is 0 Å². The number of anilines is 1. The third-order valence-electron chi connectivity index (χ3n) is 5.82. The van der Waals surface area contributed by atoms with Crippen molar-refractivity contribution in [1.82, 2.24) is 0 Å². The Morgan fingerprint density at radius 2 is 1.76 bits per heavy atom. The van der Waals surface area contributed by atoms with E-state index in [1.807, 2.05) is 0 Å². The van der Waals surface area contributed by atoms with Crippen LogP contribution >= 0.6 is 0 Å². The maximum Gasteiger partial charge on any atom is 0.270 e. The van der Waals surface area contributed by atoms with E-state index in [1.165, 1.54) is 37.3 Å². The van der Waals surface area contributed by atoms with Gasteiger partial charge in [0.15, 0.2) is 22.9 Å². The fraction of sp³-hybridized carbons (Fsp3) is 0.200. The highest BCUT2D eigenvalue weighted by Gasteiger charge is 2.50. The number of nitro benzene ring substituents is 1. The summed E-state index contributed by atoms with van der Waals surface area (Å²) in [4.78, 5) is 38.3. The summed E-state index contributed by atoms with van der Waals surface area (Å²) < 4.78 is 10.6. The summed E-state index contributed by atoms with van der Waals surface area (Å²) in [6.07, 6.45) is -0.549. The van der Waals surface area contributed by atoms with Gasteiger partial charge in [-0.15, -0.1) is 0 Å². The smallest absolute Gasteiger partial charge is 0.270 e. The minimum atomic E-state index is -2.10. The van der Waals surface area contributed by atoms with Crippen LogP contribution in [-0.2, 0) is 16.9 Å². The van der Waals surface area contributed by atoms with Crippen LogP contribution in [0.1, 0.15) is 27.9 Å². The van der Waals surface area contributed by atoms with Gasteiger partial charge in [-0.2, -0.15) is 0 Å². The standard InChI is InChI=1S/C25H22N2O7/c1-33-22-11-10-16(12-23(22)34-2)15-26-20-9-4-3-8-19(20)25(30,24(26)29)14-21(28)17-6-5-7-18(13-17)27(31)32/h3-13,30H,14-15H2,1-2H3/t25-/m0/s1. The van der Waals surface area contributed by atoms with E-state index in [-0.39, 0.29) is 17.8 Å². The number of ketones is 1. The van der Waals surface area contributed by atoms with Gasteiger partial charge in [0, 0.05) is 23.3 Å². The molecule has 3 aromatic carbocycles. The van der Waals surface area contributed by atoms with Gasteiger partial charge < -0.3 is 19.5 Å². The van der Waals surface area contributed by atoms with Crippen LogP contribution in [0.15, 0.2) is 66.7 Å². The van der Waals surface area contributed by atoms with E-state index >= 15 is 0 Å². The molecule has 1 heterocycles. The maximum atomic E-state index is 13.5. The van der Waals surface area contributed by atoms with E-state index in [0.717, 1.165) is 11.6 Å². The molecular formula is C25H22N2O7. The molecule has 174 valence electrons. The highest BCUT2D eigenvalue weighted by molar-refractivity contribution is 6.10. The van der Waals surface area contributed by atoms with Crippen molar-refractivity contribution in [2.75, 3.05) is 19.1 Å². The topological polar surface area (TPSA) is 119 Å². The molecule has 0 aliphatic carbocycles. The molecule has 0 saturated heterocycles. The van der Waals surface area contributed by atoms with Crippen molar-refractivity contribution in [2.45, 2.75) is 18.6 Å². The first-order chi connectivity index (χ1) is 16.3. The molecule has 3 aromatic rings. The molecule has 1 aliphatic rings. The number of benzene rings is 3. The van der Waals surface area contributed by atoms with Crippen LogP contribution in [0.2, 0.25) is 0 Å². The summed E-state index contributed by atoms with van der Waals surface area (Å²) in [5, 5.41) is 22.5. The number of hydrogen-bond acceptors (Lipinski definition) is 7. The fourth-order valence-electron chi connectivity index (χ4n) is 4.12. The van der Waals surface area contributed by atoms with Crippen molar-refractivity contribution in [1.29, 1.82) is 0 Å². The van der Waals surface area contributed by atoms with E-state index in [2.05, 4.69) is 0 Å². The number of carbonyl (C=O) groups is 2. The Labute approximate surface area is 195 Å². The lowest BCUT2D eigenvalue weighted by Crippen LogP contribution is -2.41. The van der Waals surface area contributed by atoms with Gasteiger partial charge in [-0.25, -0.2) is 0 Å². The number of carbonyl (C=O) groups excluding carboxylic acids is 2. The second-order valence-corrected chi connectivity index (χ2v) is 7.87. The Morgan fingerprint density at radius 1 is 1.03 bits per heavy atom. The molecular weight excluding hydrogens is 440 g/mol. The number of fused-ring (bicyclic) bond motifs is 1. The fourth-order valence-corrected chi connectivity index (χ4v) is 4.12. The van der Waals surface area contributed by atoms with Crippen molar-refractivity contribution < 1.29 is 29.1 Å². The molecule has 1 amide bonds. The van der Waals surface area contributed by atoms with Gasteiger partial charge in [0.25, 0.3) is 11.6 Å². The number of aliphatic hydroxyl groups is 1. The van der Waals surface area contributed by atoms with E-state index in [4.69, 9.17) is 9.47 Å². The minimum Gasteiger partial charge on any atom is -0.493 e. The summed E-state index contributed by atoms with van der Waals surface area (Å²) in [5.74, 6) is -0.195. The molecule has 1 atom stereocenters. The second-order valence-electron chi connectivity index (χ2n) is 7.87. The van der Waals surface area contributed by atoms with Crippen LogP contribution in [0.5, 0.6) is 11.5 Å². The van der Waals surface area contributed by atoms with E-state index in [1.54, 1.807) is 42.5 Å². The Balaban J connectivity index is 1.66. The normalized spacial score (nSPS) is 16.8. The molecule has 0 spiro atoms. The van der Waals surface area contributed by atoms with Crippen LogP contribution in [0.25, 0.3) is 0 Å². The number of non-ortho nitro benzene ring substituents is 1. The lowest BCUT2D eigenvalue weighted by atomic mass is 9.88. The summed E-state index contributed by atoms with van der Waals surface area (Å²) >= 11 is 0. The molecule has 0 bridgehead atoms. The molecule has 0 fully saturated rings. The largest absolute Gasteiger partial charge is 0.493 e. The number of nitro groups is 1. The third-order valence-corrected chi connectivity index (χ3v) is 5.82. The number of methoxy groups -OCH3 is 2. The average Bonchev–Trinajstić information content (AvgIpc) is 3.05. The number of nitrogens with zero attached hydrogens (tertiary/aromatic N) is 2. The molecule has 9 heteroatoms. The number of hydrogen-bond donors (Lipinski definition) is 1. The summed E-state index contributed by atoms with van der Waals surface area (Å²) in [5.41, 5.74) is -0.780. The highest BCUT2D eigenvalue weighted by Crippen LogP contribution is 2.44. The number of rotatable bonds is 8. The maximum absolute atomic E-state index is 13.5. The third kappa shape index (κ3) is 3.97. The number of amides is 1. The zero-order valence-corrected chi connectivity index (χ0v) is 18.6. The Kier molecular flexibility index (Phi) is 6.04. The molecule has 34 heavy (non-hydrogen) atoms. The molecule has 0 saturated carbocycles. The minimum absolute atomic E-state index is 0.0475. The van der Waals surface area contributed by atoms with Crippen molar-refractivity contribution in [2.24, 2.45) is 0 Å². The molecule has 9 nitrogen and oxygen atoms in total. The molecule has 0 radical (unpaired) electrons. The Morgan fingerprint density at radius 3 is 2.47 bits per heavy atom. The SMILES string of the molecule is COc1ccc(CN2C(=O)[C@](O)(CC(=O)c3cccc([N+](=O)[O-])c3)c3ccccc32)cc1OC. The zero-order chi connectivity index (χ0) is 24.5. The van der Waals surface area contributed by atoms with Gasteiger partial charge in [0.2, 0.25) is 0 Å². The second kappa shape index (κ2) is 8.95. The lowest BCUT2D eigenvalue weighted by molar-refractivity contribution is -0.384. The summed E-state index contributed by atoms with van der Waals surface area (Å²) in [6.45, 7) is 0.128. The molecule has 0 aromatic heterocycles. The zero-order valence-electron chi connectivity index (χ0n) is 18.6. The highest BCUT2D eigenvalue weighted by atomic mass is 16.6. The van der Waals surface area contributed by atoms with E-state index < -0.39 is 28.6 Å². The van der Waals surface area contributed by atoms with Gasteiger partial charge >= 0.3 is 0 Å². The van der Waals surface area contributed by atoms with Crippen molar-refractivity contribution in [3.63, 3.8) is 0 Å². The van der Waals surface area contributed by atoms with Crippen molar-refractivity contribution in [3.8, 4) is 11.5 Å². The van der Waals surface area contributed by atoms with E-state index in [9.17, 15) is 24.8 Å². The van der Waals surface area contributed by atoms with E-state index in [0.29, 0.717) is 22.7 Å². The number of ether oxygens (including phenoxy) is 2. The molecule has 1 N–H and O–H groups in total. The summed E-state index contributed by atoms with van der Waals surface area (Å²) in [6, 6.07) is 17.2. The van der Waals surface area contributed by atoms with Crippen LogP contribution in [-0.4, -0.2) is 35.9 Å². The van der Waals surface area contributed by atoms with Crippen LogP contribution < -0.4 is 14.4 Å². The average molecular weight is 462 g/mol. The monoisotopic (exact) mass is 462 g/mol. The first kappa shape index (κ1) is 22.9. The predicted molar refractivity (Wildman–Crippen MR) is 123 cm³/mol. The summed E-state index contributed by atoms with van der Waals surface area (Å²) in [7, 11) is 3.03. The lowest BCUT2D eigenvalue weighted by Gasteiger charge is -2.23.